The topological polar surface area (TPSA) is 42.7 Å². The maximum Gasteiger partial charge on any atom is 0.0832 e. The fourth-order valence-corrected chi connectivity index (χ4v) is 1.65. The first kappa shape index (κ1) is 11.2. The van der Waals surface area contributed by atoms with Crippen LogP contribution < -0.4 is 5.32 Å². The van der Waals surface area contributed by atoms with Gasteiger partial charge < -0.3 is 5.32 Å². The molecule has 1 aromatic rings. The Hall–Kier alpha value is -0.900. The molecule has 0 fully saturated rings. The van der Waals surface area contributed by atoms with Crippen LogP contribution in [0.5, 0.6) is 0 Å². The molecule has 4 heteroatoms. The van der Waals surface area contributed by atoms with Crippen LogP contribution in [0.2, 0.25) is 0 Å². The fraction of sp³-hybridized carbons (Fsp3) is 0.800. The summed E-state index contributed by atoms with van der Waals surface area (Å²) in [5.41, 5.74) is 1.36. The van der Waals surface area contributed by atoms with E-state index in [-0.39, 0.29) is 5.41 Å². The van der Waals surface area contributed by atoms with Crippen molar-refractivity contribution in [2.24, 2.45) is 12.5 Å². The molecular weight excluding hydrogens is 176 g/mol. The van der Waals surface area contributed by atoms with Crippen molar-refractivity contribution >= 4 is 0 Å². The van der Waals surface area contributed by atoms with Gasteiger partial charge in [-0.1, -0.05) is 19.1 Å². The zero-order chi connectivity index (χ0) is 10.6. The zero-order valence-corrected chi connectivity index (χ0v) is 9.54. The molecule has 0 aromatic carbocycles. The lowest BCUT2D eigenvalue weighted by Crippen LogP contribution is -2.31. The molecular formula is C10H20N4. The van der Waals surface area contributed by atoms with E-state index in [4.69, 9.17) is 0 Å². The van der Waals surface area contributed by atoms with Crippen LogP contribution in [-0.2, 0) is 13.5 Å². The lowest BCUT2D eigenvalue weighted by atomic mass is 9.83. The van der Waals surface area contributed by atoms with Gasteiger partial charge in [-0.2, -0.15) is 0 Å². The highest BCUT2D eigenvalue weighted by molar-refractivity contribution is 4.97. The van der Waals surface area contributed by atoms with E-state index < -0.39 is 0 Å². The maximum atomic E-state index is 4.12. The van der Waals surface area contributed by atoms with Gasteiger partial charge in [0.1, 0.15) is 0 Å². The number of rotatable bonds is 5. The summed E-state index contributed by atoms with van der Waals surface area (Å²) in [5, 5.41) is 11.3. The van der Waals surface area contributed by atoms with E-state index >= 15 is 0 Å². The van der Waals surface area contributed by atoms with Crippen LogP contribution >= 0.6 is 0 Å². The second-order valence-corrected chi connectivity index (χ2v) is 4.25. The summed E-state index contributed by atoms with van der Waals surface area (Å²) < 4.78 is 1.75. The SMILES string of the molecule is CCC(C)(CNC)Cc1cn(C)nn1. The molecule has 1 rings (SSSR count). The maximum absolute atomic E-state index is 4.12. The van der Waals surface area contributed by atoms with E-state index in [0.717, 1.165) is 25.1 Å². The predicted molar refractivity (Wildman–Crippen MR) is 57.0 cm³/mol. The summed E-state index contributed by atoms with van der Waals surface area (Å²) >= 11 is 0. The molecule has 1 atom stereocenters. The van der Waals surface area contributed by atoms with Crippen LogP contribution in [0.25, 0.3) is 0 Å². The molecule has 80 valence electrons. The van der Waals surface area contributed by atoms with Crippen LogP contribution in [0.15, 0.2) is 6.20 Å². The van der Waals surface area contributed by atoms with Crippen LogP contribution in [0.3, 0.4) is 0 Å². The normalized spacial score (nSPS) is 15.4. The molecule has 0 saturated carbocycles. The Kier molecular flexibility index (Phi) is 3.63. The molecule has 1 heterocycles. The van der Waals surface area contributed by atoms with Gasteiger partial charge in [0, 0.05) is 19.8 Å². The number of hydrogen-bond acceptors (Lipinski definition) is 3. The number of aryl methyl sites for hydroxylation is 1. The first-order valence-corrected chi connectivity index (χ1v) is 5.09. The van der Waals surface area contributed by atoms with Gasteiger partial charge >= 0.3 is 0 Å². The molecule has 0 spiro atoms. The summed E-state index contributed by atoms with van der Waals surface area (Å²) in [6.07, 6.45) is 4.12. The molecule has 1 aromatic heterocycles. The second kappa shape index (κ2) is 4.55. The quantitative estimate of drug-likeness (QED) is 0.764. The van der Waals surface area contributed by atoms with Crippen molar-refractivity contribution in [3.05, 3.63) is 11.9 Å². The predicted octanol–water partition coefficient (Wildman–Crippen LogP) is 0.993. The van der Waals surface area contributed by atoms with Crippen molar-refractivity contribution in [3.63, 3.8) is 0 Å². The van der Waals surface area contributed by atoms with Crippen LogP contribution in [0.4, 0.5) is 0 Å². The van der Waals surface area contributed by atoms with Crippen molar-refractivity contribution in [1.82, 2.24) is 20.3 Å². The average molecular weight is 196 g/mol. The molecule has 1 N–H and O–H groups in total. The van der Waals surface area contributed by atoms with Crippen LogP contribution in [-0.4, -0.2) is 28.6 Å². The minimum Gasteiger partial charge on any atom is -0.319 e. The third-order valence-corrected chi connectivity index (χ3v) is 2.72. The Balaban J connectivity index is 2.64. The highest BCUT2D eigenvalue weighted by atomic mass is 15.4. The van der Waals surface area contributed by atoms with E-state index in [1.54, 1.807) is 4.68 Å². The number of hydrogen-bond donors (Lipinski definition) is 1. The van der Waals surface area contributed by atoms with E-state index in [2.05, 4.69) is 29.5 Å². The van der Waals surface area contributed by atoms with Gasteiger partial charge in [0.2, 0.25) is 0 Å². The summed E-state index contributed by atoms with van der Waals surface area (Å²) in [5.74, 6) is 0. The van der Waals surface area contributed by atoms with Crippen molar-refractivity contribution in [2.45, 2.75) is 26.7 Å². The van der Waals surface area contributed by atoms with Crippen molar-refractivity contribution < 1.29 is 0 Å². The smallest absolute Gasteiger partial charge is 0.0832 e. The number of aromatic nitrogens is 3. The minimum absolute atomic E-state index is 0.283. The minimum atomic E-state index is 0.283. The molecule has 0 amide bonds. The molecule has 1 unspecified atom stereocenters. The third kappa shape index (κ3) is 2.80. The summed E-state index contributed by atoms with van der Waals surface area (Å²) in [6, 6.07) is 0. The van der Waals surface area contributed by atoms with Gasteiger partial charge in [-0.25, -0.2) is 0 Å². The summed E-state index contributed by atoms with van der Waals surface area (Å²) in [4.78, 5) is 0. The molecule has 0 aliphatic rings. The Morgan fingerprint density at radius 2 is 2.29 bits per heavy atom. The van der Waals surface area contributed by atoms with Crippen LogP contribution in [0.1, 0.15) is 26.0 Å². The van der Waals surface area contributed by atoms with Gasteiger partial charge in [0.25, 0.3) is 0 Å². The van der Waals surface area contributed by atoms with Gasteiger partial charge in [0.05, 0.1) is 5.69 Å². The number of nitrogens with zero attached hydrogens (tertiary/aromatic N) is 3. The largest absolute Gasteiger partial charge is 0.319 e. The highest BCUT2D eigenvalue weighted by Gasteiger charge is 2.22. The molecule has 0 saturated heterocycles. The molecule has 0 aliphatic heterocycles. The van der Waals surface area contributed by atoms with E-state index in [1.165, 1.54) is 0 Å². The van der Waals surface area contributed by atoms with Crippen LogP contribution in [0, 0.1) is 5.41 Å². The molecule has 4 nitrogen and oxygen atoms in total. The Morgan fingerprint density at radius 3 is 2.71 bits per heavy atom. The lowest BCUT2D eigenvalue weighted by molar-refractivity contribution is 0.296. The monoisotopic (exact) mass is 196 g/mol. The molecule has 0 radical (unpaired) electrons. The van der Waals surface area contributed by atoms with Gasteiger partial charge in [-0.05, 0) is 25.3 Å². The second-order valence-electron chi connectivity index (χ2n) is 4.25. The average Bonchev–Trinajstić information content (AvgIpc) is 2.51. The Labute approximate surface area is 85.7 Å². The first-order chi connectivity index (χ1) is 6.59. The fourth-order valence-electron chi connectivity index (χ4n) is 1.65. The zero-order valence-electron chi connectivity index (χ0n) is 9.54. The Bertz CT molecular complexity index is 281. The van der Waals surface area contributed by atoms with Gasteiger partial charge in [-0.15, -0.1) is 5.10 Å². The van der Waals surface area contributed by atoms with E-state index in [1.807, 2.05) is 20.3 Å². The van der Waals surface area contributed by atoms with Crippen molar-refractivity contribution in [3.8, 4) is 0 Å². The van der Waals surface area contributed by atoms with Crippen molar-refractivity contribution in [1.29, 1.82) is 0 Å². The van der Waals surface area contributed by atoms with Crippen molar-refractivity contribution in [2.75, 3.05) is 13.6 Å². The standard InChI is InChI=1S/C10H20N4/c1-5-10(2,8-11-3)6-9-7-14(4)13-12-9/h7,11H,5-6,8H2,1-4H3. The number of nitrogens with one attached hydrogen (secondary N) is 1. The summed E-state index contributed by atoms with van der Waals surface area (Å²) in [7, 11) is 3.89. The van der Waals surface area contributed by atoms with Gasteiger partial charge in [-0.3, -0.25) is 4.68 Å². The first-order valence-electron chi connectivity index (χ1n) is 5.09. The van der Waals surface area contributed by atoms with Gasteiger partial charge in [0.15, 0.2) is 0 Å². The summed E-state index contributed by atoms with van der Waals surface area (Å²) in [6.45, 7) is 5.51. The molecule has 14 heavy (non-hydrogen) atoms. The van der Waals surface area contributed by atoms with E-state index in [9.17, 15) is 0 Å². The molecule has 0 aliphatic carbocycles. The molecule has 0 bridgehead atoms. The highest BCUT2D eigenvalue weighted by Crippen LogP contribution is 2.24. The Morgan fingerprint density at radius 1 is 1.57 bits per heavy atom. The third-order valence-electron chi connectivity index (χ3n) is 2.72. The lowest BCUT2D eigenvalue weighted by Gasteiger charge is -2.26. The van der Waals surface area contributed by atoms with E-state index in [0.29, 0.717) is 0 Å².